The molecule has 18 aromatic carbocycles. The molecule has 2 aliphatic rings. The Kier molecular flexibility index (Phi) is 20.9. The van der Waals surface area contributed by atoms with Crippen LogP contribution in [0.3, 0.4) is 0 Å². The second-order valence-corrected chi connectivity index (χ2v) is 30.3. The zero-order valence-corrected chi connectivity index (χ0v) is 61.8. The maximum absolute atomic E-state index is 3.70. The molecule has 0 bridgehead atoms. The minimum absolute atomic E-state index is 0. The number of benzene rings is 18. The quantitative estimate of drug-likeness (QED) is 0.139. The van der Waals surface area contributed by atoms with E-state index in [1.54, 1.807) is 0 Å². The van der Waals surface area contributed by atoms with E-state index in [1.165, 1.54) is 141 Å². The summed E-state index contributed by atoms with van der Waals surface area (Å²) < 4.78 is 1.12. The molecule has 2 heterocycles. The topological polar surface area (TPSA) is 15.3 Å². The van der Waals surface area contributed by atoms with Gasteiger partial charge < -0.3 is 10.2 Å². The highest BCUT2D eigenvalue weighted by Crippen LogP contribution is 2.56. The summed E-state index contributed by atoms with van der Waals surface area (Å²) in [7, 11) is 0. The highest BCUT2D eigenvalue weighted by atomic mass is 79.9. The molecular weight excluding hydrogens is 1420 g/mol. The second kappa shape index (κ2) is 32.1. The van der Waals surface area contributed by atoms with E-state index < -0.39 is 0 Å². The van der Waals surface area contributed by atoms with Gasteiger partial charge in [-0.1, -0.05) is 370 Å². The second-order valence-electron chi connectivity index (χ2n) is 27.2. The molecule has 2 nitrogen and oxygen atoms in total. The first-order valence-electron chi connectivity index (χ1n) is 36.4. The summed E-state index contributed by atoms with van der Waals surface area (Å²) in [5.41, 5.74) is 23.5. The third-order valence-electron chi connectivity index (χ3n) is 20.7. The van der Waals surface area contributed by atoms with Gasteiger partial charge in [0.15, 0.2) is 0 Å². The van der Waals surface area contributed by atoms with Gasteiger partial charge in [0.05, 0.1) is 0 Å². The minimum Gasteiger partial charge on any atom is -0.356 e. The van der Waals surface area contributed by atoms with Crippen molar-refractivity contribution in [2.45, 2.75) is 46.3 Å². The summed E-state index contributed by atoms with van der Waals surface area (Å²) in [6, 6.07) is 149. The third-order valence-corrected chi connectivity index (χ3v) is 23.5. The number of fused-ring (bicyclic) bond motifs is 12. The Morgan fingerprint density at radius 3 is 0.826 bits per heavy atom. The van der Waals surface area contributed by atoms with Crippen LogP contribution in [-0.4, -0.2) is 0 Å². The van der Waals surface area contributed by atoms with Crippen LogP contribution in [-0.2, 0) is 0 Å². The van der Waals surface area contributed by atoms with Gasteiger partial charge in [-0.3, -0.25) is 0 Å². The van der Waals surface area contributed by atoms with E-state index >= 15 is 0 Å². The van der Waals surface area contributed by atoms with Crippen molar-refractivity contribution in [1.82, 2.24) is 0 Å². The standard InChI is InChI=1S/C51H35NS.C27H17BrS.C24H19N.2CH4/c1-3-12-35(13-4-1)37-22-28-42(29-23-37)52(43-30-24-38(25-31-43)36-14-5-2-6-15-36)44-19-11-18-41(34-44)49-50-45-20-9-7-16-39(45)26-32-47(50)53-48-33-27-40-17-8-10-21-46(40)51(48)49;28-20-9-5-8-19(16-20)25-26-21-10-3-1-6-17(21)12-14-23(26)29-24-15-13-18-7-2-4-11-22(18)27(24)25;1-3-7-19(8-4-1)21-11-15-23(16-12-21)25-24-17-13-22(14-18-24)20-9-5-2-6-10-20;;/h1-34,49H;1-16,25H;1-18,25H;2*1H4. The molecule has 0 aliphatic carbocycles. The summed E-state index contributed by atoms with van der Waals surface area (Å²) in [5, 5.41) is 13.9. The van der Waals surface area contributed by atoms with Gasteiger partial charge in [-0.25, -0.2) is 0 Å². The Balaban J connectivity index is 0.000000136. The fourth-order valence-electron chi connectivity index (χ4n) is 15.6. The SMILES string of the molecule is Brc1cccc(C2c3c(ccc4ccccc34)Sc3ccc4ccccc4c32)c1.C.C.c1ccc(-c2ccc(N(c3ccc(-c4ccccc4)cc3)c3cccc(C4c5c(ccc6ccccc56)Sc5ccc6ccccc6c54)c3)cc2)cc1.c1ccc(-c2ccc(Nc3ccc(-c4ccccc4)cc3)cc2)cc1. The van der Waals surface area contributed by atoms with Crippen LogP contribution in [0, 0.1) is 0 Å². The lowest BCUT2D eigenvalue weighted by atomic mass is 9.80. The van der Waals surface area contributed by atoms with E-state index in [-0.39, 0.29) is 26.7 Å². The number of hydrogen-bond acceptors (Lipinski definition) is 4. The molecule has 0 amide bonds. The van der Waals surface area contributed by atoms with Crippen LogP contribution in [0.25, 0.3) is 87.6 Å². The van der Waals surface area contributed by atoms with E-state index in [0.29, 0.717) is 0 Å². The zero-order chi connectivity index (χ0) is 71.4. The molecule has 524 valence electrons. The number of nitrogens with one attached hydrogen (secondary N) is 1. The number of hydrogen-bond donors (Lipinski definition) is 1. The van der Waals surface area contributed by atoms with Gasteiger partial charge in [0, 0.05) is 64.3 Å². The predicted molar refractivity (Wildman–Crippen MR) is 473 cm³/mol. The molecule has 0 unspecified atom stereocenters. The van der Waals surface area contributed by atoms with Crippen LogP contribution >= 0.6 is 39.5 Å². The van der Waals surface area contributed by atoms with Gasteiger partial charge in [0.25, 0.3) is 0 Å². The van der Waals surface area contributed by atoms with Gasteiger partial charge in [-0.2, -0.15) is 0 Å². The molecule has 0 fully saturated rings. The summed E-state index contributed by atoms with van der Waals surface area (Å²) in [4.78, 5) is 7.77. The lowest BCUT2D eigenvalue weighted by molar-refractivity contribution is 0.925. The minimum atomic E-state index is 0. The lowest BCUT2D eigenvalue weighted by Crippen LogP contribution is -2.14. The Morgan fingerprint density at radius 2 is 0.505 bits per heavy atom. The van der Waals surface area contributed by atoms with Crippen molar-refractivity contribution >= 4 is 111 Å². The Labute approximate surface area is 657 Å². The molecule has 0 spiro atoms. The van der Waals surface area contributed by atoms with Crippen molar-refractivity contribution in [3.05, 3.63) is 450 Å². The van der Waals surface area contributed by atoms with Crippen molar-refractivity contribution in [3.63, 3.8) is 0 Å². The molecule has 0 radical (unpaired) electrons. The first kappa shape index (κ1) is 71.1. The molecule has 5 heteroatoms. The summed E-state index contributed by atoms with van der Waals surface area (Å²) in [6.45, 7) is 0. The first-order chi connectivity index (χ1) is 53.0. The van der Waals surface area contributed by atoms with E-state index in [9.17, 15) is 0 Å². The Bertz CT molecular complexity index is 5880. The fourth-order valence-corrected chi connectivity index (χ4v) is 18.4. The van der Waals surface area contributed by atoms with E-state index in [4.69, 9.17) is 0 Å². The number of rotatable bonds is 11. The van der Waals surface area contributed by atoms with Crippen LogP contribution in [0.1, 0.15) is 60.1 Å². The highest BCUT2D eigenvalue weighted by molar-refractivity contribution is 9.10. The lowest BCUT2D eigenvalue weighted by Gasteiger charge is -2.32. The van der Waals surface area contributed by atoms with Crippen molar-refractivity contribution in [1.29, 1.82) is 0 Å². The predicted octanol–water partition coefficient (Wildman–Crippen LogP) is 30.9. The molecular formula is C104H79BrN2S2. The average Bonchev–Trinajstić information content (AvgIpc) is 0.732. The van der Waals surface area contributed by atoms with Crippen LogP contribution in [0.2, 0.25) is 0 Å². The van der Waals surface area contributed by atoms with E-state index in [0.717, 1.165) is 32.9 Å². The molecule has 1 N–H and O–H groups in total. The van der Waals surface area contributed by atoms with E-state index in [1.807, 2.05) is 35.7 Å². The normalized spacial score (nSPS) is 12.0. The van der Waals surface area contributed by atoms with Crippen LogP contribution in [0.4, 0.5) is 28.4 Å². The van der Waals surface area contributed by atoms with Gasteiger partial charge in [-0.05, 0) is 218 Å². The van der Waals surface area contributed by atoms with Crippen molar-refractivity contribution in [2.24, 2.45) is 0 Å². The Morgan fingerprint density at radius 1 is 0.229 bits per heavy atom. The zero-order valence-electron chi connectivity index (χ0n) is 58.6. The van der Waals surface area contributed by atoms with Gasteiger partial charge >= 0.3 is 0 Å². The number of anilines is 5. The van der Waals surface area contributed by atoms with Crippen LogP contribution < -0.4 is 10.2 Å². The molecule has 0 saturated carbocycles. The van der Waals surface area contributed by atoms with Crippen molar-refractivity contribution in [2.75, 3.05) is 10.2 Å². The Hall–Kier alpha value is -12.2. The van der Waals surface area contributed by atoms with Crippen molar-refractivity contribution < 1.29 is 0 Å². The van der Waals surface area contributed by atoms with Crippen molar-refractivity contribution in [3.8, 4) is 44.5 Å². The van der Waals surface area contributed by atoms with Gasteiger partial charge in [0.1, 0.15) is 0 Å². The van der Waals surface area contributed by atoms with Crippen LogP contribution in [0.15, 0.2) is 437 Å². The molecule has 18 aromatic rings. The summed E-state index contributed by atoms with van der Waals surface area (Å²) in [6.07, 6.45) is 0. The fraction of sp³-hybridized carbons (Fsp3) is 0.0385. The molecule has 109 heavy (non-hydrogen) atoms. The van der Waals surface area contributed by atoms with Gasteiger partial charge in [-0.15, -0.1) is 0 Å². The monoisotopic (exact) mass is 1500 g/mol. The molecule has 0 aromatic heterocycles. The summed E-state index contributed by atoms with van der Waals surface area (Å²) in [5.74, 6) is 0.261. The van der Waals surface area contributed by atoms with E-state index in [2.05, 4.69) is 427 Å². The molecule has 2 aliphatic heterocycles. The largest absolute Gasteiger partial charge is 0.356 e. The number of halogens is 1. The number of nitrogens with zero attached hydrogens (tertiary/aromatic N) is 1. The molecule has 0 saturated heterocycles. The first-order valence-corrected chi connectivity index (χ1v) is 38.9. The highest BCUT2D eigenvalue weighted by Gasteiger charge is 2.33. The average molecular weight is 1500 g/mol. The maximum Gasteiger partial charge on any atom is 0.0464 e. The summed E-state index contributed by atoms with van der Waals surface area (Å²) >= 11 is 7.51. The smallest absolute Gasteiger partial charge is 0.0464 e. The maximum atomic E-state index is 3.70. The molecule has 20 rings (SSSR count). The van der Waals surface area contributed by atoms with Crippen LogP contribution in [0.5, 0.6) is 0 Å². The molecule has 0 atom stereocenters. The third kappa shape index (κ3) is 14.7. The van der Waals surface area contributed by atoms with Gasteiger partial charge in [0.2, 0.25) is 0 Å².